The Balaban J connectivity index is 1.77. The molecule has 34 heavy (non-hydrogen) atoms. The Morgan fingerprint density at radius 1 is 1.26 bits per heavy atom. The molecule has 182 valence electrons. The van der Waals surface area contributed by atoms with Crippen molar-refractivity contribution in [3.05, 3.63) is 40.4 Å². The molecule has 0 radical (unpaired) electrons. The summed E-state index contributed by atoms with van der Waals surface area (Å²) in [4.78, 5) is 51.7. The normalized spacial score (nSPS) is 23.7. The standard InChI is InChI=1S/C23H30N6O5/c1-12-16(34-23(5,6)33-12)14-11-25-17-15(29(14)19(31)13-8-7-9-24-10-13)18(30)27-21(26-17)28-20(32)22(2,3)4/h7-10,12,14,16H,11H2,1-6H3,(H3,25,26,27,28,30,32)/t12-,14-,16-/m0/s1. The molecule has 0 unspecified atom stereocenters. The highest BCUT2D eigenvalue weighted by atomic mass is 16.8. The predicted molar refractivity (Wildman–Crippen MR) is 126 cm³/mol. The van der Waals surface area contributed by atoms with Gasteiger partial charge in [-0.3, -0.25) is 34.6 Å². The SMILES string of the molecule is C[C@@H]1OC(C)(C)O[C@@H]1[C@@H]1CNc2nc(NC(=O)C(C)(C)C)[nH]c(=O)c2N1C(=O)c1cccnc1. The first-order chi connectivity index (χ1) is 15.9. The van der Waals surface area contributed by atoms with Gasteiger partial charge in [-0.2, -0.15) is 4.98 Å². The molecule has 2 aliphatic heterocycles. The third-order valence-corrected chi connectivity index (χ3v) is 5.72. The molecule has 2 aromatic heterocycles. The zero-order valence-corrected chi connectivity index (χ0v) is 20.1. The van der Waals surface area contributed by atoms with Crippen molar-refractivity contribution in [2.45, 2.75) is 65.6 Å². The number of fused-ring (bicyclic) bond motifs is 1. The highest BCUT2D eigenvalue weighted by Crippen LogP contribution is 2.36. The second-order valence-corrected chi connectivity index (χ2v) is 9.99. The van der Waals surface area contributed by atoms with E-state index in [1.54, 1.807) is 52.9 Å². The Bertz CT molecular complexity index is 1160. The molecule has 11 heteroatoms. The van der Waals surface area contributed by atoms with Gasteiger partial charge in [0.15, 0.2) is 17.3 Å². The number of carbonyl (C=O) groups excluding carboxylic acids is 2. The maximum atomic E-state index is 13.7. The van der Waals surface area contributed by atoms with E-state index in [-0.39, 0.29) is 36.0 Å². The molecule has 0 saturated carbocycles. The summed E-state index contributed by atoms with van der Waals surface area (Å²) in [5.74, 6) is -1.37. The predicted octanol–water partition coefficient (Wildman–Crippen LogP) is 2.13. The summed E-state index contributed by atoms with van der Waals surface area (Å²) in [7, 11) is 0. The van der Waals surface area contributed by atoms with E-state index >= 15 is 0 Å². The lowest BCUT2D eigenvalue weighted by Crippen LogP contribution is -2.57. The molecule has 11 nitrogen and oxygen atoms in total. The zero-order chi connectivity index (χ0) is 24.8. The van der Waals surface area contributed by atoms with E-state index in [9.17, 15) is 14.4 Å². The fourth-order valence-corrected chi connectivity index (χ4v) is 4.13. The third kappa shape index (κ3) is 4.53. The Hall–Kier alpha value is -3.31. The number of anilines is 3. The van der Waals surface area contributed by atoms with Crippen LogP contribution in [0.15, 0.2) is 29.3 Å². The molecular weight excluding hydrogens is 440 g/mol. The molecule has 2 aliphatic rings. The monoisotopic (exact) mass is 470 g/mol. The highest BCUT2D eigenvalue weighted by Gasteiger charge is 2.48. The van der Waals surface area contributed by atoms with E-state index in [1.165, 1.54) is 11.1 Å². The number of aromatic nitrogens is 3. The van der Waals surface area contributed by atoms with Crippen LogP contribution < -0.4 is 21.1 Å². The van der Waals surface area contributed by atoms with Crippen LogP contribution in [-0.4, -0.2) is 57.3 Å². The first-order valence-corrected chi connectivity index (χ1v) is 11.2. The quantitative estimate of drug-likeness (QED) is 0.620. The van der Waals surface area contributed by atoms with E-state index in [2.05, 4.69) is 25.6 Å². The van der Waals surface area contributed by atoms with Crippen LogP contribution in [0, 0.1) is 5.41 Å². The average Bonchev–Trinajstić information content (AvgIpc) is 3.04. The minimum atomic E-state index is -0.834. The maximum absolute atomic E-state index is 13.7. The topological polar surface area (TPSA) is 139 Å². The van der Waals surface area contributed by atoms with Crippen molar-refractivity contribution in [1.82, 2.24) is 15.0 Å². The zero-order valence-electron chi connectivity index (χ0n) is 20.1. The molecule has 0 spiro atoms. The lowest BCUT2D eigenvalue weighted by Gasteiger charge is -2.39. The van der Waals surface area contributed by atoms with Crippen LogP contribution in [0.2, 0.25) is 0 Å². The highest BCUT2D eigenvalue weighted by molar-refractivity contribution is 6.08. The van der Waals surface area contributed by atoms with Gasteiger partial charge >= 0.3 is 0 Å². The summed E-state index contributed by atoms with van der Waals surface area (Å²) in [6.45, 7) is 11.0. The van der Waals surface area contributed by atoms with Crippen LogP contribution in [-0.2, 0) is 14.3 Å². The van der Waals surface area contributed by atoms with Gasteiger partial charge in [-0.15, -0.1) is 0 Å². The number of amides is 2. The first-order valence-electron chi connectivity index (χ1n) is 11.2. The molecule has 0 bridgehead atoms. The van der Waals surface area contributed by atoms with E-state index in [1.807, 2.05) is 6.92 Å². The first kappa shape index (κ1) is 23.8. The summed E-state index contributed by atoms with van der Waals surface area (Å²) in [5.41, 5.74) is -0.901. The lowest BCUT2D eigenvalue weighted by atomic mass is 9.96. The maximum Gasteiger partial charge on any atom is 0.278 e. The Morgan fingerprint density at radius 2 is 2.00 bits per heavy atom. The molecule has 1 saturated heterocycles. The largest absolute Gasteiger partial charge is 0.366 e. The van der Waals surface area contributed by atoms with Gasteiger partial charge in [0.05, 0.1) is 17.7 Å². The van der Waals surface area contributed by atoms with Gasteiger partial charge in [-0.25, -0.2) is 0 Å². The van der Waals surface area contributed by atoms with Crippen molar-refractivity contribution in [1.29, 1.82) is 0 Å². The Morgan fingerprint density at radius 3 is 2.59 bits per heavy atom. The van der Waals surface area contributed by atoms with Crippen LogP contribution in [0.1, 0.15) is 51.9 Å². The molecule has 0 aromatic carbocycles. The van der Waals surface area contributed by atoms with Crippen LogP contribution >= 0.6 is 0 Å². The van der Waals surface area contributed by atoms with Crippen molar-refractivity contribution in [3.63, 3.8) is 0 Å². The number of carbonyl (C=O) groups is 2. The number of nitrogens with zero attached hydrogens (tertiary/aromatic N) is 3. The fourth-order valence-electron chi connectivity index (χ4n) is 4.13. The van der Waals surface area contributed by atoms with Crippen molar-refractivity contribution in [2.24, 2.45) is 5.41 Å². The molecule has 1 fully saturated rings. The third-order valence-electron chi connectivity index (χ3n) is 5.72. The summed E-state index contributed by atoms with van der Waals surface area (Å²) < 4.78 is 12.0. The molecule has 2 amide bonds. The summed E-state index contributed by atoms with van der Waals surface area (Å²) in [6.07, 6.45) is 2.18. The van der Waals surface area contributed by atoms with Gasteiger partial charge in [0, 0.05) is 24.4 Å². The number of H-pyrrole nitrogens is 1. The molecule has 4 rings (SSSR count). The van der Waals surface area contributed by atoms with Gasteiger partial charge in [-0.1, -0.05) is 20.8 Å². The van der Waals surface area contributed by atoms with E-state index < -0.39 is 34.8 Å². The van der Waals surface area contributed by atoms with E-state index in [0.29, 0.717) is 5.56 Å². The van der Waals surface area contributed by atoms with Crippen LogP contribution in [0.4, 0.5) is 17.5 Å². The summed E-state index contributed by atoms with van der Waals surface area (Å²) >= 11 is 0. The molecule has 2 aromatic rings. The van der Waals surface area contributed by atoms with Crippen molar-refractivity contribution in [3.8, 4) is 0 Å². The summed E-state index contributed by atoms with van der Waals surface area (Å²) in [6, 6.07) is 2.72. The second-order valence-electron chi connectivity index (χ2n) is 9.99. The lowest BCUT2D eigenvalue weighted by molar-refractivity contribution is -0.146. The molecule has 0 aliphatic carbocycles. The van der Waals surface area contributed by atoms with Crippen molar-refractivity contribution >= 4 is 29.3 Å². The number of aromatic amines is 1. The number of ether oxygens (including phenoxy) is 2. The Labute approximate surface area is 197 Å². The number of pyridine rings is 1. The van der Waals surface area contributed by atoms with Gasteiger partial charge < -0.3 is 14.8 Å². The van der Waals surface area contributed by atoms with Crippen LogP contribution in [0.25, 0.3) is 0 Å². The number of nitrogens with one attached hydrogen (secondary N) is 3. The van der Waals surface area contributed by atoms with Crippen molar-refractivity contribution < 1.29 is 19.1 Å². The fraction of sp³-hybridized carbons (Fsp3) is 0.522. The number of hydrogen-bond acceptors (Lipinski definition) is 8. The van der Waals surface area contributed by atoms with Gasteiger partial charge in [0.25, 0.3) is 11.5 Å². The minimum absolute atomic E-state index is 0.00153. The van der Waals surface area contributed by atoms with Crippen molar-refractivity contribution in [2.75, 3.05) is 22.1 Å². The Kier molecular flexibility index (Phi) is 5.94. The summed E-state index contributed by atoms with van der Waals surface area (Å²) in [5, 5.41) is 5.77. The van der Waals surface area contributed by atoms with Gasteiger partial charge in [0.2, 0.25) is 11.9 Å². The molecule has 3 N–H and O–H groups in total. The second kappa shape index (κ2) is 8.48. The van der Waals surface area contributed by atoms with Crippen LogP contribution in [0.5, 0.6) is 0 Å². The number of rotatable bonds is 3. The molecular formula is C23H30N6O5. The number of hydrogen-bond donors (Lipinski definition) is 3. The average molecular weight is 471 g/mol. The smallest absolute Gasteiger partial charge is 0.278 e. The van der Waals surface area contributed by atoms with E-state index in [0.717, 1.165) is 0 Å². The minimum Gasteiger partial charge on any atom is -0.366 e. The van der Waals surface area contributed by atoms with Gasteiger partial charge in [0.1, 0.15) is 6.10 Å². The van der Waals surface area contributed by atoms with E-state index in [4.69, 9.17) is 9.47 Å². The van der Waals surface area contributed by atoms with Crippen LogP contribution in [0.3, 0.4) is 0 Å². The molecule has 3 atom stereocenters. The molecule has 4 heterocycles. The van der Waals surface area contributed by atoms with Gasteiger partial charge in [-0.05, 0) is 32.9 Å².